The number of aromatic nitrogens is 2. The van der Waals surface area contributed by atoms with E-state index < -0.39 is 0 Å². The second kappa shape index (κ2) is 2.59. The van der Waals surface area contributed by atoms with Gasteiger partial charge in [0, 0.05) is 5.39 Å². The van der Waals surface area contributed by atoms with Crippen LogP contribution in [0, 0.1) is 11.3 Å². The Kier molecular flexibility index (Phi) is 1.45. The molecule has 0 amide bonds. The quantitative estimate of drug-likeness (QED) is 0.579. The SMILES string of the molecule is N#Cc1ccc2ccnnc2c1. The molecule has 2 aromatic rings. The first-order valence-electron chi connectivity index (χ1n) is 3.52. The molecule has 0 aliphatic carbocycles. The molecule has 1 aromatic heterocycles. The molecule has 3 heteroatoms. The van der Waals surface area contributed by atoms with Crippen molar-refractivity contribution in [3.8, 4) is 6.07 Å². The van der Waals surface area contributed by atoms with E-state index >= 15 is 0 Å². The Morgan fingerprint density at radius 2 is 2.17 bits per heavy atom. The van der Waals surface area contributed by atoms with E-state index in [0.717, 1.165) is 10.9 Å². The van der Waals surface area contributed by atoms with Crippen LogP contribution in [0.4, 0.5) is 0 Å². The molecule has 0 aliphatic heterocycles. The van der Waals surface area contributed by atoms with Gasteiger partial charge in [0.15, 0.2) is 0 Å². The van der Waals surface area contributed by atoms with E-state index in [0.29, 0.717) is 5.56 Å². The molecule has 0 saturated heterocycles. The molecule has 0 saturated carbocycles. The topological polar surface area (TPSA) is 49.6 Å². The molecular formula is C9H5N3. The normalized spacial score (nSPS) is 9.58. The highest BCUT2D eigenvalue weighted by Crippen LogP contribution is 2.10. The van der Waals surface area contributed by atoms with E-state index in [-0.39, 0.29) is 0 Å². The number of nitriles is 1. The summed E-state index contributed by atoms with van der Waals surface area (Å²) in [6, 6.07) is 9.27. The van der Waals surface area contributed by atoms with Gasteiger partial charge < -0.3 is 0 Å². The average molecular weight is 155 g/mol. The number of hydrogen-bond acceptors (Lipinski definition) is 3. The number of hydrogen-bond donors (Lipinski definition) is 0. The van der Waals surface area contributed by atoms with Gasteiger partial charge in [-0.15, -0.1) is 0 Å². The van der Waals surface area contributed by atoms with Crippen LogP contribution in [0.25, 0.3) is 10.9 Å². The van der Waals surface area contributed by atoms with Crippen molar-refractivity contribution in [2.75, 3.05) is 0 Å². The molecule has 0 radical (unpaired) electrons. The summed E-state index contributed by atoms with van der Waals surface area (Å²) < 4.78 is 0. The summed E-state index contributed by atoms with van der Waals surface area (Å²) in [6.45, 7) is 0. The third-order valence-corrected chi connectivity index (χ3v) is 1.65. The summed E-state index contributed by atoms with van der Waals surface area (Å²) >= 11 is 0. The number of benzene rings is 1. The Bertz CT molecular complexity index is 457. The molecule has 1 heterocycles. The maximum atomic E-state index is 8.60. The van der Waals surface area contributed by atoms with E-state index in [2.05, 4.69) is 16.3 Å². The van der Waals surface area contributed by atoms with E-state index in [1.165, 1.54) is 0 Å². The summed E-state index contributed by atoms with van der Waals surface area (Å²) in [5.41, 5.74) is 1.37. The highest BCUT2D eigenvalue weighted by Gasteiger charge is 1.94. The highest BCUT2D eigenvalue weighted by atomic mass is 15.1. The molecule has 0 fully saturated rings. The predicted molar refractivity (Wildman–Crippen MR) is 44.3 cm³/mol. The smallest absolute Gasteiger partial charge is 0.0992 e. The number of nitrogens with zero attached hydrogens (tertiary/aromatic N) is 3. The lowest BCUT2D eigenvalue weighted by atomic mass is 10.2. The van der Waals surface area contributed by atoms with Crippen LogP contribution >= 0.6 is 0 Å². The fourth-order valence-corrected chi connectivity index (χ4v) is 1.05. The Hall–Kier alpha value is -1.95. The zero-order valence-corrected chi connectivity index (χ0v) is 6.23. The summed E-state index contributed by atoms with van der Waals surface area (Å²) in [5.74, 6) is 0. The fraction of sp³-hybridized carbons (Fsp3) is 0. The van der Waals surface area contributed by atoms with E-state index in [4.69, 9.17) is 5.26 Å². The third kappa shape index (κ3) is 0.995. The highest BCUT2D eigenvalue weighted by molar-refractivity contribution is 5.78. The Balaban J connectivity index is 2.78. The minimum absolute atomic E-state index is 0.614. The summed E-state index contributed by atoms with van der Waals surface area (Å²) in [6.07, 6.45) is 1.63. The summed E-state index contributed by atoms with van der Waals surface area (Å²) in [5, 5.41) is 17.2. The molecule has 2 rings (SSSR count). The summed E-state index contributed by atoms with van der Waals surface area (Å²) in [7, 11) is 0. The van der Waals surface area contributed by atoms with Crippen molar-refractivity contribution < 1.29 is 0 Å². The molecule has 0 bridgehead atoms. The van der Waals surface area contributed by atoms with Crippen molar-refractivity contribution in [3.63, 3.8) is 0 Å². The third-order valence-electron chi connectivity index (χ3n) is 1.65. The Morgan fingerprint density at radius 3 is 3.00 bits per heavy atom. The van der Waals surface area contributed by atoms with Gasteiger partial charge in [-0.3, -0.25) is 0 Å². The standard InChI is InChI=1S/C9H5N3/c10-6-7-1-2-8-3-4-11-12-9(8)5-7/h1-5H. The van der Waals surface area contributed by atoms with Crippen molar-refractivity contribution in [2.24, 2.45) is 0 Å². The zero-order chi connectivity index (χ0) is 8.39. The number of fused-ring (bicyclic) bond motifs is 1. The van der Waals surface area contributed by atoms with Crippen LogP contribution in [-0.2, 0) is 0 Å². The van der Waals surface area contributed by atoms with Crippen LogP contribution in [0.5, 0.6) is 0 Å². The molecule has 56 valence electrons. The molecule has 0 atom stereocenters. The van der Waals surface area contributed by atoms with Crippen molar-refractivity contribution in [3.05, 3.63) is 36.0 Å². The van der Waals surface area contributed by atoms with Crippen molar-refractivity contribution in [1.29, 1.82) is 5.26 Å². The van der Waals surface area contributed by atoms with E-state index in [1.807, 2.05) is 12.1 Å². The van der Waals surface area contributed by atoms with Gasteiger partial charge in [0.25, 0.3) is 0 Å². The second-order valence-corrected chi connectivity index (χ2v) is 2.42. The van der Waals surface area contributed by atoms with Crippen LogP contribution < -0.4 is 0 Å². The maximum absolute atomic E-state index is 8.60. The Morgan fingerprint density at radius 1 is 1.25 bits per heavy atom. The first kappa shape index (κ1) is 6.74. The minimum atomic E-state index is 0.614. The minimum Gasteiger partial charge on any atom is -0.192 e. The van der Waals surface area contributed by atoms with Gasteiger partial charge in [0.2, 0.25) is 0 Å². The first-order valence-corrected chi connectivity index (χ1v) is 3.52. The average Bonchev–Trinajstić information content (AvgIpc) is 2.17. The van der Waals surface area contributed by atoms with Gasteiger partial charge in [0.05, 0.1) is 23.3 Å². The molecule has 0 aliphatic rings. The van der Waals surface area contributed by atoms with Crippen molar-refractivity contribution in [2.45, 2.75) is 0 Å². The van der Waals surface area contributed by atoms with Gasteiger partial charge in [-0.2, -0.15) is 15.5 Å². The van der Waals surface area contributed by atoms with Crippen molar-refractivity contribution in [1.82, 2.24) is 10.2 Å². The first-order chi connectivity index (χ1) is 5.90. The molecule has 0 N–H and O–H groups in total. The molecule has 0 unspecified atom stereocenters. The predicted octanol–water partition coefficient (Wildman–Crippen LogP) is 1.50. The zero-order valence-electron chi connectivity index (χ0n) is 6.23. The van der Waals surface area contributed by atoms with Gasteiger partial charge in [-0.25, -0.2) is 0 Å². The molecule has 1 aromatic carbocycles. The van der Waals surface area contributed by atoms with Crippen LogP contribution in [0.2, 0.25) is 0 Å². The van der Waals surface area contributed by atoms with Gasteiger partial charge >= 0.3 is 0 Å². The maximum Gasteiger partial charge on any atom is 0.0992 e. The monoisotopic (exact) mass is 155 g/mol. The largest absolute Gasteiger partial charge is 0.192 e. The summed E-state index contributed by atoms with van der Waals surface area (Å²) in [4.78, 5) is 0. The van der Waals surface area contributed by atoms with E-state index in [9.17, 15) is 0 Å². The molecule has 12 heavy (non-hydrogen) atoms. The van der Waals surface area contributed by atoms with Crippen molar-refractivity contribution >= 4 is 10.9 Å². The lowest BCUT2D eigenvalue weighted by molar-refractivity contribution is 1.08. The molecule has 3 nitrogen and oxygen atoms in total. The van der Waals surface area contributed by atoms with Crippen LogP contribution in [0.3, 0.4) is 0 Å². The van der Waals surface area contributed by atoms with Crippen LogP contribution in [0.1, 0.15) is 5.56 Å². The van der Waals surface area contributed by atoms with Crippen LogP contribution in [-0.4, -0.2) is 10.2 Å². The van der Waals surface area contributed by atoms with Gasteiger partial charge in [-0.1, -0.05) is 6.07 Å². The van der Waals surface area contributed by atoms with Gasteiger partial charge in [-0.05, 0) is 18.2 Å². The second-order valence-electron chi connectivity index (χ2n) is 2.42. The van der Waals surface area contributed by atoms with E-state index in [1.54, 1.807) is 18.3 Å². The lowest BCUT2D eigenvalue weighted by Crippen LogP contribution is -1.82. The van der Waals surface area contributed by atoms with Crippen LogP contribution in [0.15, 0.2) is 30.5 Å². The van der Waals surface area contributed by atoms with Gasteiger partial charge in [0.1, 0.15) is 0 Å². The molecular weight excluding hydrogens is 150 g/mol. The molecule has 0 spiro atoms. The Labute approximate surface area is 69.3 Å². The lowest BCUT2D eigenvalue weighted by Gasteiger charge is -1.93. The fourth-order valence-electron chi connectivity index (χ4n) is 1.05. The number of rotatable bonds is 0.